The van der Waals surface area contributed by atoms with Crippen molar-refractivity contribution in [2.24, 2.45) is 5.73 Å². The first-order valence-electron chi connectivity index (χ1n) is 5.66. The fourth-order valence-electron chi connectivity index (χ4n) is 1.32. The second kappa shape index (κ2) is 7.00. The zero-order valence-corrected chi connectivity index (χ0v) is 10.3. The lowest BCUT2D eigenvalue weighted by Crippen LogP contribution is -2.29. The van der Waals surface area contributed by atoms with Gasteiger partial charge >= 0.3 is 5.97 Å². The van der Waals surface area contributed by atoms with Crippen LogP contribution < -0.4 is 16.4 Å². The van der Waals surface area contributed by atoms with Crippen LogP contribution in [0.1, 0.15) is 18.4 Å². The lowest BCUT2D eigenvalue weighted by molar-refractivity contribution is -0.138. The predicted molar refractivity (Wildman–Crippen MR) is 71.0 cm³/mol. The second-order valence-corrected chi connectivity index (χ2v) is 3.84. The van der Waals surface area contributed by atoms with E-state index >= 15 is 0 Å². The average molecular weight is 264 g/mol. The van der Waals surface area contributed by atoms with Crippen LogP contribution in [-0.2, 0) is 9.59 Å². The van der Waals surface area contributed by atoms with Gasteiger partial charge in [0.05, 0.1) is 13.1 Å². The number of carbonyl (C=O) groups excluding carboxylic acids is 1. The number of rotatable bonds is 7. The fourth-order valence-corrected chi connectivity index (χ4v) is 1.32. The van der Waals surface area contributed by atoms with E-state index in [2.05, 4.69) is 10.6 Å². The van der Waals surface area contributed by atoms with E-state index in [1.165, 1.54) is 0 Å². The number of hydrogen-bond acceptors (Lipinski definition) is 4. The summed E-state index contributed by atoms with van der Waals surface area (Å²) in [4.78, 5) is 21.5. The molecule has 0 bridgehead atoms. The third-order valence-electron chi connectivity index (χ3n) is 2.34. The van der Waals surface area contributed by atoms with E-state index in [9.17, 15) is 9.59 Å². The summed E-state index contributed by atoms with van der Waals surface area (Å²) in [5.74, 6) is -1.33. The van der Waals surface area contributed by atoms with Gasteiger partial charge in [0.15, 0.2) is 0 Å². The van der Waals surface area contributed by atoms with E-state index in [1.54, 1.807) is 24.3 Å². The molecule has 1 rings (SSSR count). The smallest absolute Gasteiger partial charge is 0.303 e. The fraction of sp³-hybridized carbons (Fsp3) is 0.250. The van der Waals surface area contributed by atoms with Gasteiger partial charge in [-0.3, -0.25) is 15.0 Å². The highest BCUT2D eigenvalue weighted by Gasteiger charge is 2.04. The van der Waals surface area contributed by atoms with Crippen LogP contribution in [-0.4, -0.2) is 29.5 Å². The van der Waals surface area contributed by atoms with Crippen LogP contribution in [0.15, 0.2) is 24.3 Å². The molecule has 0 heterocycles. The number of aliphatic carboxylic acids is 1. The van der Waals surface area contributed by atoms with E-state index in [4.69, 9.17) is 16.2 Å². The first-order chi connectivity index (χ1) is 8.99. The Morgan fingerprint density at radius 1 is 1.21 bits per heavy atom. The molecule has 0 spiro atoms. The number of nitrogens with two attached hydrogens (primary N) is 1. The molecule has 6 N–H and O–H groups in total. The highest BCUT2D eigenvalue weighted by atomic mass is 16.4. The van der Waals surface area contributed by atoms with Gasteiger partial charge in [-0.15, -0.1) is 0 Å². The molecule has 0 aliphatic heterocycles. The molecule has 7 nitrogen and oxygen atoms in total. The largest absolute Gasteiger partial charge is 0.481 e. The zero-order valence-electron chi connectivity index (χ0n) is 10.3. The minimum absolute atomic E-state index is 0.00600. The highest BCUT2D eigenvalue weighted by Crippen LogP contribution is 2.08. The summed E-state index contributed by atoms with van der Waals surface area (Å²) < 4.78 is 0. The molecule has 0 aromatic heterocycles. The molecule has 0 aliphatic carbocycles. The minimum Gasteiger partial charge on any atom is -0.481 e. The van der Waals surface area contributed by atoms with Crippen molar-refractivity contribution in [1.82, 2.24) is 5.32 Å². The Bertz CT molecular complexity index is 470. The summed E-state index contributed by atoms with van der Waals surface area (Å²) in [6.07, 6.45) is -0.223. The maximum absolute atomic E-state index is 11.2. The van der Waals surface area contributed by atoms with Crippen molar-refractivity contribution >= 4 is 23.4 Å². The molecule has 0 saturated heterocycles. The number of hydrogen-bond donors (Lipinski definition) is 5. The number of benzene rings is 1. The van der Waals surface area contributed by atoms with Crippen molar-refractivity contribution < 1.29 is 14.7 Å². The average Bonchev–Trinajstić information content (AvgIpc) is 2.37. The number of carbonyl (C=O) groups is 2. The lowest BCUT2D eigenvalue weighted by atomic mass is 10.2. The van der Waals surface area contributed by atoms with Crippen LogP contribution in [0.5, 0.6) is 0 Å². The molecule has 0 atom stereocenters. The molecule has 1 aromatic rings. The number of carboxylic acid groups (broad SMARTS) is 1. The Kier molecular flexibility index (Phi) is 5.34. The summed E-state index contributed by atoms with van der Waals surface area (Å²) in [6.45, 7) is 0.206. The molecule has 0 fully saturated rings. The molecular weight excluding hydrogens is 248 g/mol. The summed E-state index contributed by atoms with van der Waals surface area (Å²) >= 11 is 0. The Labute approximate surface area is 110 Å². The molecular formula is C12H16N4O3. The van der Waals surface area contributed by atoms with Crippen LogP contribution in [0.25, 0.3) is 0 Å². The number of anilines is 1. The van der Waals surface area contributed by atoms with Crippen molar-refractivity contribution in [3.63, 3.8) is 0 Å². The van der Waals surface area contributed by atoms with Crippen LogP contribution in [0.3, 0.4) is 0 Å². The molecule has 1 amide bonds. The van der Waals surface area contributed by atoms with Gasteiger partial charge in [-0.05, 0) is 24.3 Å². The van der Waals surface area contributed by atoms with E-state index in [0.717, 1.165) is 5.69 Å². The maximum atomic E-state index is 11.2. The van der Waals surface area contributed by atoms with Crippen molar-refractivity contribution in [3.05, 3.63) is 29.8 Å². The second-order valence-electron chi connectivity index (χ2n) is 3.84. The number of nitrogen functional groups attached to an aromatic ring is 1. The number of amides is 1. The molecule has 102 valence electrons. The molecule has 19 heavy (non-hydrogen) atoms. The standard InChI is InChI=1S/C12H16N4O3/c13-12(14)8-1-3-9(4-2-8)15-7-16-10(17)5-6-11(18)19/h1-4,15H,5-7H2,(H3,13,14)(H,16,17)(H,18,19). The van der Waals surface area contributed by atoms with Gasteiger partial charge in [0.1, 0.15) is 5.84 Å². The summed E-state index contributed by atoms with van der Waals surface area (Å²) in [6, 6.07) is 6.86. The van der Waals surface area contributed by atoms with Gasteiger partial charge in [-0.25, -0.2) is 0 Å². The quantitative estimate of drug-likeness (QED) is 0.275. The lowest BCUT2D eigenvalue weighted by Gasteiger charge is -2.08. The number of carboxylic acids is 1. The maximum Gasteiger partial charge on any atom is 0.303 e. The van der Waals surface area contributed by atoms with Gasteiger partial charge in [-0.1, -0.05) is 0 Å². The Balaban J connectivity index is 2.31. The molecule has 0 unspecified atom stereocenters. The van der Waals surface area contributed by atoms with E-state index in [0.29, 0.717) is 5.56 Å². The molecule has 0 radical (unpaired) electrons. The third kappa shape index (κ3) is 5.53. The summed E-state index contributed by atoms with van der Waals surface area (Å²) in [5, 5.41) is 21.1. The van der Waals surface area contributed by atoms with Crippen LogP contribution >= 0.6 is 0 Å². The first-order valence-corrected chi connectivity index (χ1v) is 5.66. The first kappa shape index (κ1) is 14.5. The van der Waals surface area contributed by atoms with Crippen molar-refractivity contribution in [2.75, 3.05) is 12.0 Å². The summed E-state index contributed by atoms with van der Waals surface area (Å²) in [5.41, 5.74) is 6.71. The van der Waals surface area contributed by atoms with Crippen LogP contribution in [0.2, 0.25) is 0 Å². The SMILES string of the molecule is N=C(N)c1ccc(NCNC(=O)CCC(=O)O)cc1. The molecule has 7 heteroatoms. The number of amidine groups is 1. The van der Waals surface area contributed by atoms with Gasteiger partial charge in [-0.2, -0.15) is 0 Å². The Hall–Kier alpha value is -2.57. The Morgan fingerprint density at radius 3 is 2.37 bits per heavy atom. The van der Waals surface area contributed by atoms with Gasteiger partial charge in [0.2, 0.25) is 5.91 Å². The molecule has 0 saturated carbocycles. The number of nitrogens with one attached hydrogen (secondary N) is 3. The highest BCUT2D eigenvalue weighted by molar-refractivity contribution is 5.95. The van der Waals surface area contributed by atoms with Crippen molar-refractivity contribution in [1.29, 1.82) is 5.41 Å². The summed E-state index contributed by atoms with van der Waals surface area (Å²) in [7, 11) is 0. The monoisotopic (exact) mass is 264 g/mol. The van der Waals surface area contributed by atoms with E-state index in [-0.39, 0.29) is 31.3 Å². The van der Waals surface area contributed by atoms with Gasteiger partial charge in [0, 0.05) is 17.7 Å². The van der Waals surface area contributed by atoms with E-state index in [1.807, 2.05) is 0 Å². The predicted octanol–water partition coefficient (Wildman–Crippen LogP) is 0.321. The third-order valence-corrected chi connectivity index (χ3v) is 2.34. The van der Waals surface area contributed by atoms with Crippen LogP contribution in [0.4, 0.5) is 5.69 Å². The van der Waals surface area contributed by atoms with Crippen molar-refractivity contribution in [2.45, 2.75) is 12.8 Å². The normalized spacial score (nSPS) is 9.68. The minimum atomic E-state index is -0.997. The molecule has 0 aliphatic rings. The van der Waals surface area contributed by atoms with Crippen molar-refractivity contribution in [3.8, 4) is 0 Å². The zero-order chi connectivity index (χ0) is 14.3. The molecule has 1 aromatic carbocycles. The Morgan fingerprint density at radius 2 is 1.84 bits per heavy atom. The van der Waals surface area contributed by atoms with Gasteiger partial charge in [0.25, 0.3) is 0 Å². The van der Waals surface area contributed by atoms with E-state index < -0.39 is 5.97 Å². The van der Waals surface area contributed by atoms with Crippen LogP contribution in [0, 0.1) is 5.41 Å². The topological polar surface area (TPSA) is 128 Å². The van der Waals surface area contributed by atoms with Gasteiger partial charge < -0.3 is 21.5 Å².